The van der Waals surface area contributed by atoms with Gasteiger partial charge in [0.15, 0.2) is 0 Å². The van der Waals surface area contributed by atoms with Crippen molar-refractivity contribution in [1.29, 1.82) is 0 Å². The van der Waals surface area contributed by atoms with Crippen molar-refractivity contribution in [3.8, 4) is 5.75 Å². The Morgan fingerprint density at radius 1 is 1.19 bits per heavy atom. The Hall–Kier alpha value is -2.07. The van der Waals surface area contributed by atoms with E-state index in [4.69, 9.17) is 10.5 Å². The molecule has 2 rings (SSSR count). The van der Waals surface area contributed by atoms with Gasteiger partial charge in [0.05, 0.1) is 0 Å². The Bertz CT molecular complexity index is 573. The lowest BCUT2D eigenvalue weighted by atomic mass is 9.88. The normalized spacial score (nSPS) is 11.2. The number of hydrogen-bond donors (Lipinski definition) is 2. The van der Waals surface area contributed by atoms with E-state index in [2.05, 4.69) is 37.1 Å². The Morgan fingerprint density at radius 2 is 2.00 bits per heavy atom. The first kappa shape index (κ1) is 15.3. The quantitative estimate of drug-likeness (QED) is 0.883. The highest BCUT2D eigenvalue weighted by molar-refractivity contribution is 5.58. The molecule has 0 atom stereocenters. The van der Waals surface area contributed by atoms with Crippen molar-refractivity contribution >= 4 is 11.5 Å². The SMILES string of the molecule is CC(C)(C)c1ccc(Nc2cccc(OCCN)c2)nc1. The fourth-order valence-corrected chi connectivity index (χ4v) is 1.90. The summed E-state index contributed by atoms with van der Waals surface area (Å²) in [5.41, 5.74) is 7.71. The summed E-state index contributed by atoms with van der Waals surface area (Å²) in [5, 5.41) is 3.28. The first-order chi connectivity index (χ1) is 9.99. The number of nitrogens with two attached hydrogens (primary N) is 1. The van der Waals surface area contributed by atoms with Gasteiger partial charge in [-0.05, 0) is 29.2 Å². The van der Waals surface area contributed by atoms with Crippen molar-refractivity contribution in [1.82, 2.24) is 4.98 Å². The number of pyridine rings is 1. The van der Waals surface area contributed by atoms with E-state index in [-0.39, 0.29) is 5.41 Å². The number of aromatic nitrogens is 1. The summed E-state index contributed by atoms with van der Waals surface area (Å²) in [4.78, 5) is 4.46. The number of anilines is 2. The molecule has 112 valence electrons. The van der Waals surface area contributed by atoms with Crippen LogP contribution >= 0.6 is 0 Å². The zero-order chi connectivity index (χ0) is 15.3. The molecule has 1 heterocycles. The molecule has 2 aromatic rings. The molecule has 0 spiro atoms. The second-order valence-electron chi connectivity index (χ2n) is 5.97. The van der Waals surface area contributed by atoms with E-state index < -0.39 is 0 Å². The van der Waals surface area contributed by atoms with Crippen LogP contribution in [0.15, 0.2) is 42.6 Å². The van der Waals surface area contributed by atoms with Crippen molar-refractivity contribution in [3.05, 3.63) is 48.2 Å². The second kappa shape index (κ2) is 6.59. The smallest absolute Gasteiger partial charge is 0.130 e. The number of nitrogens with zero attached hydrogens (tertiary/aromatic N) is 1. The molecule has 0 saturated carbocycles. The van der Waals surface area contributed by atoms with Crippen molar-refractivity contribution in [2.75, 3.05) is 18.5 Å². The molecule has 0 aliphatic heterocycles. The Morgan fingerprint density at radius 3 is 2.62 bits per heavy atom. The molecule has 4 nitrogen and oxygen atoms in total. The first-order valence-electron chi connectivity index (χ1n) is 7.15. The summed E-state index contributed by atoms with van der Waals surface area (Å²) >= 11 is 0. The summed E-state index contributed by atoms with van der Waals surface area (Å²) in [6, 6.07) is 11.9. The molecular formula is C17H23N3O. The molecule has 0 fully saturated rings. The van der Waals surface area contributed by atoms with Gasteiger partial charge >= 0.3 is 0 Å². The van der Waals surface area contributed by atoms with Crippen LogP contribution in [0.1, 0.15) is 26.3 Å². The highest BCUT2D eigenvalue weighted by atomic mass is 16.5. The van der Waals surface area contributed by atoms with Crippen LogP contribution in [-0.2, 0) is 5.41 Å². The van der Waals surface area contributed by atoms with Gasteiger partial charge < -0.3 is 15.8 Å². The van der Waals surface area contributed by atoms with Gasteiger partial charge in [-0.3, -0.25) is 0 Å². The molecule has 0 unspecified atom stereocenters. The minimum Gasteiger partial charge on any atom is -0.492 e. The molecule has 3 N–H and O–H groups in total. The molecule has 0 aliphatic carbocycles. The van der Waals surface area contributed by atoms with E-state index in [1.54, 1.807) is 0 Å². The number of hydrogen-bond acceptors (Lipinski definition) is 4. The molecule has 0 saturated heterocycles. The zero-order valence-electron chi connectivity index (χ0n) is 12.9. The fourth-order valence-electron chi connectivity index (χ4n) is 1.90. The van der Waals surface area contributed by atoms with E-state index in [1.165, 1.54) is 5.56 Å². The van der Waals surface area contributed by atoms with Crippen LogP contribution in [0.25, 0.3) is 0 Å². The van der Waals surface area contributed by atoms with Crippen LogP contribution in [0.4, 0.5) is 11.5 Å². The van der Waals surface area contributed by atoms with Crippen molar-refractivity contribution in [2.45, 2.75) is 26.2 Å². The van der Waals surface area contributed by atoms with Gasteiger partial charge in [-0.15, -0.1) is 0 Å². The van der Waals surface area contributed by atoms with Gasteiger partial charge in [-0.1, -0.05) is 32.9 Å². The molecule has 1 aromatic heterocycles. The summed E-state index contributed by atoms with van der Waals surface area (Å²) in [6.45, 7) is 7.55. The lowest BCUT2D eigenvalue weighted by Crippen LogP contribution is -2.11. The molecule has 21 heavy (non-hydrogen) atoms. The summed E-state index contributed by atoms with van der Waals surface area (Å²) in [5.74, 6) is 1.62. The maximum Gasteiger partial charge on any atom is 0.130 e. The molecule has 1 aromatic carbocycles. The van der Waals surface area contributed by atoms with Crippen LogP contribution < -0.4 is 15.8 Å². The predicted molar refractivity (Wildman–Crippen MR) is 87.2 cm³/mol. The molecule has 0 radical (unpaired) electrons. The Balaban J connectivity index is 2.07. The van der Waals surface area contributed by atoms with Gasteiger partial charge in [0.25, 0.3) is 0 Å². The van der Waals surface area contributed by atoms with Gasteiger partial charge in [0, 0.05) is 24.5 Å². The lowest BCUT2D eigenvalue weighted by Gasteiger charge is -2.18. The summed E-state index contributed by atoms with van der Waals surface area (Å²) in [6.07, 6.45) is 1.91. The maximum atomic E-state index is 5.51. The van der Waals surface area contributed by atoms with Crippen LogP contribution in [0.2, 0.25) is 0 Å². The number of nitrogens with one attached hydrogen (secondary N) is 1. The molecule has 0 aliphatic rings. The van der Waals surface area contributed by atoms with Gasteiger partial charge in [0.2, 0.25) is 0 Å². The lowest BCUT2D eigenvalue weighted by molar-refractivity contribution is 0.328. The predicted octanol–water partition coefficient (Wildman–Crippen LogP) is 3.46. The third kappa shape index (κ3) is 4.46. The molecule has 4 heteroatoms. The number of ether oxygens (including phenoxy) is 1. The van der Waals surface area contributed by atoms with Crippen molar-refractivity contribution in [2.24, 2.45) is 5.73 Å². The zero-order valence-corrected chi connectivity index (χ0v) is 12.9. The largest absolute Gasteiger partial charge is 0.492 e. The second-order valence-corrected chi connectivity index (χ2v) is 5.97. The summed E-state index contributed by atoms with van der Waals surface area (Å²) in [7, 11) is 0. The van der Waals surface area contributed by atoms with Gasteiger partial charge in [-0.2, -0.15) is 0 Å². The van der Waals surface area contributed by atoms with Crippen molar-refractivity contribution < 1.29 is 4.74 Å². The monoisotopic (exact) mass is 285 g/mol. The van der Waals surface area contributed by atoms with E-state index >= 15 is 0 Å². The fraction of sp³-hybridized carbons (Fsp3) is 0.353. The maximum absolute atomic E-state index is 5.51. The Kier molecular flexibility index (Phi) is 4.81. The van der Waals surface area contributed by atoms with Gasteiger partial charge in [0.1, 0.15) is 18.2 Å². The van der Waals surface area contributed by atoms with Gasteiger partial charge in [-0.25, -0.2) is 4.98 Å². The first-order valence-corrected chi connectivity index (χ1v) is 7.15. The molecular weight excluding hydrogens is 262 g/mol. The van der Waals surface area contributed by atoms with Crippen LogP contribution in [0.5, 0.6) is 5.75 Å². The van der Waals surface area contributed by atoms with E-state index in [9.17, 15) is 0 Å². The highest BCUT2D eigenvalue weighted by Crippen LogP contribution is 2.24. The number of rotatable bonds is 5. The van der Waals surface area contributed by atoms with Crippen LogP contribution in [0, 0.1) is 0 Å². The molecule has 0 amide bonds. The topological polar surface area (TPSA) is 60.2 Å². The third-order valence-corrected chi connectivity index (χ3v) is 3.12. The number of benzene rings is 1. The minimum atomic E-state index is 0.113. The van der Waals surface area contributed by atoms with E-state index in [1.807, 2.05) is 36.5 Å². The van der Waals surface area contributed by atoms with E-state index in [0.717, 1.165) is 17.3 Å². The highest BCUT2D eigenvalue weighted by Gasteiger charge is 2.13. The van der Waals surface area contributed by atoms with Crippen LogP contribution in [-0.4, -0.2) is 18.1 Å². The summed E-state index contributed by atoms with van der Waals surface area (Å²) < 4.78 is 5.51. The molecule has 0 bridgehead atoms. The van der Waals surface area contributed by atoms with Crippen LogP contribution in [0.3, 0.4) is 0 Å². The standard InChI is InChI=1S/C17H23N3O/c1-17(2,3)13-7-8-16(19-12-13)20-14-5-4-6-15(11-14)21-10-9-18/h4-8,11-12H,9-10,18H2,1-3H3,(H,19,20). The average molecular weight is 285 g/mol. The minimum absolute atomic E-state index is 0.113. The Labute approximate surface area is 126 Å². The van der Waals surface area contributed by atoms with Crippen molar-refractivity contribution in [3.63, 3.8) is 0 Å². The average Bonchev–Trinajstić information content (AvgIpc) is 2.45. The third-order valence-electron chi connectivity index (χ3n) is 3.12. The van der Waals surface area contributed by atoms with E-state index in [0.29, 0.717) is 13.2 Å².